The highest BCUT2D eigenvalue weighted by molar-refractivity contribution is 5.96. The minimum Gasteiger partial charge on any atom is -0.349 e. The predicted molar refractivity (Wildman–Crippen MR) is 78.5 cm³/mol. The molecule has 0 aromatic heterocycles. The number of benzene rings is 1. The molecule has 0 radical (unpaired) electrons. The van der Waals surface area contributed by atoms with Crippen LogP contribution in [0.25, 0.3) is 0 Å². The molecule has 1 saturated carbocycles. The van der Waals surface area contributed by atoms with E-state index in [1.807, 2.05) is 39.1 Å². The lowest BCUT2D eigenvalue weighted by molar-refractivity contribution is 0.0924. The van der Waals surface area contributed by atoms with Crippen LogP contribution < -0.4 is 10.6 Å². The first kappa shape index (κ1) is 14.1. The van der Waals surface area contributed by atoms with Gasteiger partial charge in [-0.3, -0.25) is 4.79 Å². The third-order valence-corrected chi connectivity index (χ3v) is 4.32. The first-order valence-corrected chi connectivity index (χ1v) is 7.16. The summed E-state index contributed by atoms with van der Waals surface area (Å²) in [4.78, 5) is 12.3. The number of hydrogen-bond donors (Lipinski definition) is 2. The average Bonchev–Trinajstić information content (AvgIpc) is 2.42. The second-order valence-corrected chi connectivity index (χ2v) is 5.56. The van der Waals surface area contributed by atoms with E-state index < -0.39 is 0 Å². The van der Waals surface area contributed by atoms with Crippen LogP contribution in [0.4, 0.5) is 0 Å². The summed E-state index contributed by atoms with van der Waals surface area (Å²) in [6, 6.07) is 6.86. The molecule has 0 heterocycles. The van der Waals surface area contributed by atoms with E-state index in [-0.39, 0.29) is 5.91 Å². The van der Waals surface area contributed by atoms with Gasteiger partial charge in [0.2, 0.25) is 0 Å². The molecule has 0 saturated heterocycles. The third kappa shape index (κ3) is 3.35. The van der Waals surface area contributed by atoms with Crippen LogP contribution in [-0.2, 0) is 0 Å². The number of rotatable bonds is 3. The highest BCUT2D eigenvalue weighted by atomic mass is 16.1. The topological polar surface area (TPSA) is 41.1 Å². The van der Waals surface area contributed by atoms with Crippen molar-refractivity contribution in [2.24, 2.45) is 0 Å². The Balaban J connectivity index is 1.96. The van der Waals surface area contributed by atoms with Crippen molar-refractivity contribution in [1.82, 2.24) is 10.6 Å². The molecule has 104 valence electrons. The summed E-state index contributed by atoms with van der Waals surface area (Å²) in [5.74, 6) is 0.0779. The molecule has 1 aliphatic rings. The molecule has 0 aliphatic heterocycles. The van der Waals surface area contributed by atoms with Gasteiger partial charge in [0.15, 0.2) is 0 Å². The maximum absolute atomic E-state index is 12.3. The normalized spacial score (nSPS) is 23.1. The third-order valence-electron chi connectivity index (χ3n) is 4.32. The first-order valence-electron chi connectivity index (χ1n) is 7.16. The Labute approximate surface area is 115 Å². The van der Waals surface area contributed by atoms with Crippen LogP contribution in [0.5, 0.6) is 0 Å². The maximum Gasteiger partial charge on any atom is 0.251 e. The summed E-state index contributed by atoms with van der Waals surface area (Å²) in [5.41, 5.74) is 3.08. The maximum atomic E-state index is 12.3. The monoisotopic (exact) mass is 260 g/mol. The Morgan fingerprint density at radius 3 is 2.37 bits per heavy atom. The Kier molecular flexibility index (Phi) is 4.59. The quantitative estimate of drug-likeness (QED) is 0.877. The number of nitrogens with one attached hydrogen (secondary N) is 2. The van der Waals surface area contributed by atoms with Crippen molar-refractivity contribution >= 4 is 5.91 Å². The van der Waals surface area contributed by atoms with Crippen molar-refractivity contribution in [3.8, 4) is 0 Å². The molecule has 3 heteroatoms. The molecule has 0 unspecified atom stereocenters. The summed E-state index contributed by atoms with van der Waals surface area (Å²) >= 11 is 0. The van der Waals surface area contributed by atoms with Gasteiger partial charge in [-0.05, 0) is 63.8 Å². The molecule has 1 aromatic carbocycles. The number of hydrogen-bond acceptors (Lipinski definition) is 2. The van der Waals surface area contributed by atoms with Gasteiger partial charge in [0.05, 0.1) is 0 Å². The Morgan fingerprint density at radius 2 is 1.74 bits per heavy atom. The summed E-state index contributed by atoms with van der Waals surface area (Å²) in [5, 5.41) is 6.49. The van der Waals surface area contributed by atoms with Gasteiger partial charge >= 0.3 is 0 Å². The highest BCUT2D eigenvalue weighted by Crippen LogP contribution is 2.19. The molecule has 19 heavy (non-hydrogen) atoms. The summed E-state index contributed by atoms with van der Waals surface area (Å²) in [6.45, 7) is 4.06. The Morgan fingerprint density at radius 1 is 1.11 bits per heavy atom. The molecule has 2 rings (SSSR count). The molecule has 1 aliphatic carbocycles. The van der Waals surface area contributed by atoms with Gasteiger partial charge in [-0.2, -0.15) is 0 Å². The van der Waals surface area contributed by atoms with Crippen molar-refractivity contribution < 1.29 is 4.79 Å². The van der Waals surface area contributed by atoms with Crippen LogP contribution in [-0.4, -0.2) is 25.0 Å². The summed E-state index contributed by atoms with van der Waals surface area (Å²) in [7, 11) is 2.01. The molecule has 1 fully saturated rings. The fraction of sp³-hybridized carbons (Fsp3) is 0.562. The second-order valence-electron chi connectivity index (χ2n) is 5.56. The van der Waals surface area contributed by atoms with E-state index in [2.05, 4.69) is 10.6 Å². The van der Waals surface area contributed by atoms with E-state index in [1.54, 1.807) is 0 Å². The lowest BCUT2D eigenvalue weighted by atomic mass is 9.91. The fourth-order valence-corrected chi connectivity index (χ4v) is 2.79. The van der Waals surface area contributed by atoms with Gasteiger partial charge in [0.1, 0.15) is 0 Å². The zero-order chi connectivity index (χ0) is 13.8. The van der Waals surface area contributed by atoms with Gasteiger partial charge in [-0.25, -0.2) is 0 Å². The Hall–Kier alpha value is -1.35. The van der Waals surface area contributed by atoms with Gasteiger partial charge in [-0.1, -0.05) is 12.1 Å². The molecule has 1 amide bonds. The zero-order valence-electron chi connectivity index (χ0n) is 12.1. The molecule has 0 atom stereocenters. The zero-order valence-corrected chi connectivity index (χ0v) is 12.1. The number of carbonyl (C=O) groups is 1. The molecule has 0 spiro atoms. The molecule has 3 nitrogen and oxygen atoms in total. The van der Waals surface area contributed by atoms with Gasteiger partial charge in [0.25, 0.3) is 5.91 Å². The van der Waals surface area contributed by atoms with Crippen molar-refractivity contribution in [2.75, 3.05) is 7.05 Å². The van der Waals surface area contributed by atoms with Crippen LogP contribution in [0.3, 0.4) is 0 Å². The molecular formula is C16H24N2O. The fourth-order valence-electron chi connectivity index (χ4n) is 2.79. The van der Waals surface area contributed by atoms with Crippen LogP contribution in [0, 0.1) is 13.8 Å². The summed E-state index contributed by atoms with van der Waals surface area (Å²) in [6.07, 6.45) is 4.44. The molecule has 1 aromatic rings. The van der Waals surface area contributed by atoms with E-state index in [4.69, 9.17) is 0 Å². The van der Waals surface area contributed by atoms with Gasteiger partial charge in [-0.15, -0.1) is 0 Å². The van der Waals surface area contributed by atoms with E-state index >= 15 is 0 Å². The number of amides is 1. The average molecular weight is 260 g/mol. The largest absolute Gasteiger partial charge is 0.349 e. The molecular weight excluding hydrogens is 236 g/mol. The van der Waals surface area contributed by atoms with Gasteiger partial charge in [0, 0.05) is 17.6 Å². The van der Waals surface area contributed by atoms with Crippen LogP contribution in [0.1, 0.15) is 47.2 Å². The lowest BCUT2D eigenvalue weighted by Gasteiger charge is -2.29. The first-order chi connectivity index (χ1) is 9.11. The smallest absolute Gasteiger partial charge is 0.251 e. The van der Waals surface area contributed by atoms with Crippen LogP contribution in [0.2, 0.25) is 0 Å². The van der Waals surface area contributed by atoms with Crippen molar-refractivity contribution in [3.05, 3.63) is 34.9 Å². The molecule has 2 N–H and O–H groups in total. The van der Waals surface area contributed by atoms with Crippen molar-refractivity contribution in [1.29, 1.82) is 0 Å². The van der Waals surface area contributed by atoms with Crippen LogP contribution in [0.15, 0.2) is 18.2 Å². The SMILES string of the molecule is CNC1CCC(NC(=O)c2cccc(C)c2C)CC1. The predicted octanol–water partition coefficient (Wildman–Crippen LogP) is 2.56. The minimum atomic E-state index is 0.0779. The minimum absolute atomic E-state index is 0.0779. The molecule has 0 bridgehead atoms. The van der Waals surface area contributed by atoms with E-state index in [9.17, 15) is 4.79 Å². The lowest BCUT2D eigenvalue weighted by Crippen LogP contribution is -2.41. The van der Waals surface area contributed by atoms with E-state index in [0.29, 0.717) is 12.1 Å². The van der Waals surface area contributed by atoms with Crippen molar-refractivity contribution in [2.45, 2.75) is 51.6 Å². The van der Waals surface area contributed by atoms with E-state index in [0.717, 1.165) is 36.8 Å². The highest BCUT2D eigenvalue weighted by Gasteiger charge is 2.22. The van der Waals surface area contributed by atoms with Crippen molar-refractivity contribution in [3.63, 3.8) is 0 Å². The standard InChI is InChI=1S/C16H24N2O/c1-11-5-4-6-15(12(11)2)16(19)18-14-9-7-13(17-3)8-10-14/h4-6,13-14,17H,7-10H2,1-3H3,(H,18,19). The van der Waals surface area contributed by atoms with Gasteiger partial charge < -0.3 is 10.6 Å². The number of aryl methyl sites for hydroxylation is 1. The Bertz CT molecular complexity index is 448. The number of carbonyl (C=O) groups excluding carboxylic acids is 1. The summed E-state index contributed by atoms with van der Waals surface area (Å²) < 4.78 is 0. The van der Waals surface area contributed by atoms with Crippen LogP contribution >= 0.6 is 0 Å². The van der Waals surface area contributed by atoms with E-state index in [1.165, 1.54) is 5.56 Å². The second kappa shape index (κ2) is 6.20.